The summed E-state index contributed by atoms with van der Waals surface area (Å²) in [7, 11) is 2.01. The number of carbonyl (C=O) groups excluding carboxylic acids is 1. The number of amides is 1. The first-order chi connectivity index (χ1) is 7.90. The molecule has 1 N–H and O–H groups in total. The largest absolute Gasteiger partial charge is 0.444 e. The summed E-state index contributed by atoms with van der Waals surface area (Å²) in [6.07, 6.45) is 4.25. The standard InChI is InChI=1S/C13H24N2O2/c1-13(2,3)17-12(16)15-10-5-6-11(15)8-9(7-10)14-4/h9-11,14H,5-8H2,1-4H3/t9-,10-,11?/m0/s1. The van der Waals surface area contributed by atoms with Crippen molar-refractivity contribution in [3.63, 3.8) is 0 Å². The highest BCUT2D eigenvalue weighted by Gasteiger charge is 2.44. The van der Waals surface area contributed by atoms with Gasteiger partial charge in [-0.2, -0.15) is 0 Å². The molecule has 2 heterocycles. The van der Waals surface area contributed by atoms with Crippen LogP contribution >= 0.6 is 0 Å². The molecule has 2 aliphatic heterocycles. The number of rotatable bonds is 1. The van der Waals surface area contributed by atoms with E-state index >= 15 is 0 Å². The second kappa shape index (κ2) is 4.48. The number of hydrogen-bond donors (Lipinski definition) is 1. The number of ether oxygens (including phenoxy) is 1. The zero-order valence-electron chi connectivity index (χ0n) is 11.3. The minimum absolute atomic E-state index is 0.125. The van der Waals surface area contributed by atoms with Crippen molar-refractivity contribution in [2.75, 3.05) is 7.05 Å². The number of nitrogens with zero attached hydrogens (tertiary/aromatic N) is 1. The van der Waals surface area contributed by atoms with Gasteiger partial charge in [-0.25, -0.2) is 4.79 Å². The molecular weight excluding hydrogens is 216 g/mol. The van der Waals surface area contributed by atoms with Gasteiger partial charge < -0.3 is 15.0 Å². The third kappa shape index (κ3) is 2.73. The Hall–Kier alpha value is -0.770. The van der Waals surface area contributed by atoms with Gasteiger partial charge in [-0.1, -0.05) is 0 Å². The SMILES string of the molecule is CN[C@@H]1CC2CC[C@@H](C1)N2C(=O)OC(C)(C)C. The van der Waals surface area contributed by atoms with Crippen LogP contribution in [0.2, 0.25) is 0 Å². The van der Waals surface area contributed by atoms with Gasteiger partial charge in [0.25, 0.3) is 0 Å². The predicted molar refractivity (Wildman–Crippen MR) is 67.0 cm³/mol. The monoisotopic (exact) mass is 240 g/mol. The van der Waals surface area contributed by atoms with Gasteiger partial charge in [0.2, 0.25) is 0 Å². The molecule has 2 saturated heterocycles. The predicted octanol–water partition coefficient (Wildman–Crippen LogP) is 2.14. The Balaban J connectivity index is 2.01. The summed E-state index contributed by atoms with van der Waals surface area (Å²) in [6, 6.07) is 1.31. The van der Waals surface area contributed by atoms with Gasteiger partial charge in [-0.15, -0.1) is 0 Å². The quantitative estimate of drug-likeness (QED) is 0.763. The number of carbonyl (C=O) groups is 1. The molecule has 4 nitrogen and oxygen atoms in total. The van der Waals surface area contributed by atoms with E-state index in [2.05, 4.69) is 5.32 Å². The van der Waals surface area contributed by atoms with E-state index in [-0.39, 0.29) is 6.09 Å². The van der Waals surface area contributed by atoms with Crippen LogP contribution in [0.25, 0.3) is 0 Å². The van der Waals surface area contributed by atoms with Crippen LogP contribution in [0.5, 0.6) is 0 Å². The Bertz CT molecular complexity index is 284. The first-order valence-electron chi connectivity index (χ1n) is 6.59. The summed E-state index contributed by atoms with van der Waals surface area (Å²) < 4.78 is 5.49. The van der Waals surface area contributed by atoms with Gasteiger partial charge in [0.15, 0.2) is 0 Å². The molecule has 2 aliphatic rings. The Labute approximate surface area is 104 Å². The van der Waals surface area contributed by atoms with Crippen LogP contribution < -0.4 is 5.32 Å². The van der Waals surface area contributed by atoms with Crippen LogP contribution in [0.3, 0.4) is 0 Å². The fourth-order valence-corrected chi connectivity index (χ4v) is 3.03. The first kappa shape index (κ1) is 12.7. The van der Waals surface area contributed by atoms with Crippen molar-refractivity contribution < 1.29 is 9.53 Å². The Morgan fingerprint density at radius 3 is 2.18 bits per heavy atom. The van der Waals surface area contributed by atoms with Crippen molar-refractivity contribution in [2.24, 2.45) is 0 Å². The summed E-state index contributed by atoms with van der Waals surface area (Å²) >= 11 is 0. The van der Waals surface area contributed by atoms with Crippen molar-refractivity contribution in [2.45, 2.75) is 70.2 Å². The van der Waals surface area contributed by atoms with E-state index in [1.165, 1.54) is 0 Å². The van der Waals surface area contributed by atoms with E-state index in [1.54, 1.807) is 0 Å². The molecule has 17 heavy (non-hydrogen) atoms. The third-order valence-electron chi connectivity index (χ3n) is 3.75. The van der Waals surface area contributed by atoms with E-state index in [1.807, 2.05) is 32.7 Å². The van der Waals surface area contributed by atoms with Crippen LogP contribution in [0.4, 0.5) is 4.79 Å². The fraction of sp³-hybridized carbons (Fsp3) is 0.923. The third-order valence-corrected chi connectivity index (χ3v) is 3.75. The van der Waals surface area contributed by atoms with Crippen molar-refractivity contribution >= 4 is 6.09 Å². The van der Waals surface area contributed by atoms with Crippen LogP contribution in [0, 0.1) is 0 Å². The molecule has 0 aromatic carbocycles. The first-order valence-corrected chi connectivity index (χ1v) is 6.59. The number of fused-ring (bicyclic) bond motifs is 2. The Kier molecular flexibility index (Phi) is 3.34. The summed E-state index contributed by atoms with van der Waals surface area (Å²) in [5.41, 5.74) is -0.392. The topological polar surface area (TPSA) is 41.6 Å². The average Bonchev–Trinajstić information content (AvgIpc) is 2.47. The maximum absolute atomic E-state index is 12.2. The van der Waals surface area contributed by atoms with Gasteiger partial charge in [0.05, 0.1) is 0 Å². The number of nitrogens with one attached hydrogen (secondary N) is 1. The lowest BCUT2D eigenvalue weighted by Crippen LogP contribution is -2.52. The molecule has 0 spiro atoms. The van der Waals surface area contributed by atoms with Crippen molar-refractivity contribution in [3.8, 4) is 0 Å². The summed E-state index contributed by atoms with van der Waals surface area (Å²) in [6.45, 7) is 5.77. The molecule has 0 aliphatic carbocycles. The second-order valence-corrected chi connectivity index (χ2v) is 6.23. The van der Waals surface area contributed by atoms with Crippen LogP contribution in [0.15, 0.2) is 0 Å². The molecule has 1 amide bonds. The highest BCUT2D eigenvalue weighted by atomic mass is 16.6. The molecule has 2 bridgehead atoms. The summed E-state index contributed by atoms with van der Waals surface area (Å²) in [5, 5.41) is 3.33. The van der Waals surface area contributed by atoms with E-state index < -0.39 is 5.60 Å². The van der Waals surface area contributed by atoms with Crippen LogP contribution in [0.1, 0.15) is 46.5 Å². The zero-order valence-corrected chi connectivity index (χ0v) is 11.3. The molecular formula is C13H24N2O2. The lowest BCUT2D eigenvalue weighted by molar-refractivity contribution is 0.00503. The Morgan fingerprint density at radius 1 is 1.24 bits per heavy atom. The van der Waals surface area contributed by atoms with Gasteiger partial charge >= 0.3 is 6.09 Å². The molecule has 0 radical (unpaired) electrons. The van der Waals surface area contributed by atoms with E-state index in [4.69, 9.17) is 4.74 Å². The molecule has 1 unspecified atom stereocenters. The maximum Gasteiger partial charge on any atom is 0.410 e. The van der Waals surface area contributed by atoms with E-state index in [9.17, 15) is 4.79 Å². The molecule has 0 aromatic heterocycles. The van der Waals surface area contributed by atoms with Crippen LogP contribution in [-0.2, 0) is 4.74 Å². The summed E-state index contributed by atoms with van der Waals surface area (Å²) in [5.74, 6) is 0. The zero-order chi connectivity index (χ0) is 12.6. The average molecular weight is 240 g/mol. The maximum atomic E-state index is 12.2. The van der Waals surface area contributed by atoms with E-state index in [0.29, 0.717) is 18.1 Å². The molecule has 2 fully saturated rings. The van der Waals surface area contributed by atoms with E-state index in [0.717, 1.165) is 25.7 Å². The molecule has 0 saturated carbocycles. The fourth-order valence-electron chi connectivity index (χ4n) is 3.03. The van der Waals surface area contributed by atoms with Gasteiger partial charge in [0, 0.05) is 18.1 Å². The van der Waals surface area contributed by atoms with Crippen molar-refractivity contribution in [3.05, 3.63) is 0 Å². The lowest BCUT2D eigenvalue weighted by Gasteiger charge is -2.39. The van der Waals surface area contributed by atoms with Gasteiger partial charge in [-0.3, -0.25) is 0 Å². The number of piperidine rings is 1. The second-order valence-electron chi connectivity index (χ2n) is 6.23. The normalized spacial score (nSPS) is 32.7. The summed E-state index contributed by atoms with van der Waals surface area (Å²) in [4.78, 5) is 14.1. The highest BCUT2D eigenvalue weighted by molar-refractivity contribution is 5.69. The highest BCUT2D eigenvalue weighted by Crippen LogP contribution is 2.36. The smallest absolute Gasteiger partial charge is 0.410 e. The minimum atomic E-state index is -0.392. The number of hydrogen-bond acceptors (Lipinski definition) is 3. The van der Waals surface area contributed by atoms with Crippen LogP contribution in [-0.4, -0.2) is 41.8 Å². The van der Waals surface area contributed by atoms with Crippen molar-refractivity contribution in [1.82, 2.24) is 10.2 Å². The molecule has 3 atom stereocenters. The molecule has 0 aromatic rings. The lowest BCUT2D eigenvalue weighted by atomic mass is 9.98. The molecule has 2 rings (SSSR count). The molecule has 4 heteroatoms. The van der Waals surface area contributed by atoms with Crippen molar-refractivity contribution in [1.29, 1.82) is 0 Å². The van der Waals surface area contributed by atoms with Gasteiger partial charge in [0.1, 0.15) is 5.60 Å². The Morgan fingerprint density at radius 2 is 1.76 bits per heavy atom. The van der Waals surface area contributed by atoms with Gasteiger partial charge in [-0.05, 0) is 53.5 Å². The molecule has 98 valence electrons. The minimum Gasteiger partial charge on any atom is -0.444 e.